The van der Waals surface area contributed by atoms with Gasteiger partial charge in [-0.15, -0.1) is 0 Å². The quantitative estimate of drug-likeness (QED) is 0.640. The van der Waals surface area contributed by atoms with Crippen molar-refractivity contribution >= 4 is 5.97 Å². The SMILES string of the molecule is COc1ccc(C(=O)OC(C)C(C)(O)C(C)(C)C(C)(O)C(C)C)c(O)c1. The molecule has 26 heavy (non-hydrogen) atoms. The van der Waals surface area contributed by atoms with E-state index in [9.17, 15) is 20.1 Å². The summed E-state index contributed by atoms with van der Waals surface area (Å²) in [7, 11) is 1.45. The van der Waals surface area contributed by atoms with Gasteiger partial charge in [0.15, 0.2) is 0 Å². The predicted molar refractivity (Wildman–Crippen MR) is 99.4 cm³/mol. The molecule has 0 spiro atoms. The summed E-state index contributed by atoms with van der Waals surface area (Å²) in [6.45, 7) is 12.0. The fraction of sp³-hybridized carbons (Fsp3) is 0.650. The molecule has 3 atom stereocenters. The van der Waals surface area contributed by atoms with Crippen molar-refractivity contribution in [3.63, 3.8) is 0 Å². The minimum absolute atomic E-state index is 0.0260. The van der Waals surface area contributed by atoms with E-state index >= 15 is 0 Å². The Bertz CT molecular complexity index is 646. The molecule has 0 saturated carbocycles. The summed E-state index contributed by atoms with van der Waals surface area (Å²) in [5.74, 6) is -0.752. The first-order valence-corrected chi connectivity index (χ1v) is 8.72. The lowest BCUT2D eigenvalue weighted by molar-refractivity contribution is -0.215. The number of carbonyl (C=O) groups is 1. The molecule has 3 N–H and O–H groups in total. The van der Waals surface area contributed by atoms with Crippen LogP contribution in [0.4, 0.5) is 0 Å². The second-order valence-corrected chi connectivity index (χ2v) is 8.01. The number of ether oxygens (including phenoxy) is 2. The minimum Gasteiger partial charge on any atom is -0.507 e. The summed E-state index contributed by atoms with van der Waals surface area (Å²) < 4.78 is 10.4. The average molecular weight is 368 g/mol. The van der Waals surface area contributed by atoms with Crippen molar-refractivity contribution in [2.75, 3.05) is 7.11 Å². The monoisotopic (exact) mass is 368 g/mol. The Morgan fingerprint density at radius 3 is 2.00 bits per heavy atom. The van der Waals surface area contributed by atoms with Gasteiger partial charge in [0.1, 0.15) is 28.8 Å². The van der Waals surface area contributed by atoms with Gasteiger partial charge in [-0.25, -0.2) is 4.79 Å². The lowest BCUT2D eigenvalue weighted by atomic mass is 9.60. The number of carbonyl (C=O) groups excluding carboxylic acids is 1. The Balaban J connectivity index is 3.08. The predicted octanol–water partition coefficient (Wildman–Crippen LogP) is 3.13. The van der Waals surface area contributed by atoms with Crippen molar-refractivity contribution in [1.82, 2.24) is 0 Å². The highest BCUT2D eigenvalue weighted by molar-refractivity contribution is 5.92. The van der Waals surface area contributed by atoms with Gasteiger partial charge < -0.3 is 24.8 Å². The highest BCUT2D eigenvalue weighted by Crippen LogP contribution is 2.47. The molecular weight excluding hydrogens is 336 g/mol. The molecule has 0 aliphatic rings. The Labute approximate surface area is 155 Å². The number of hydrogen-bond acceptors (Lipinski definition) is 6. The zero-order valence-electron chi connectivity index (χ0n) is 17.0. The summed E-state index contributed by atoms with van der Waals surface area (Å²) in [6, 6.07) is 4.24. The number of aliphatic hydroxyl groups is 2. The van der Waals surface area contributed by atoms with Gasteiger partial charge in [-0.2, -0.15) is 0 Å². The molecule has 1 aromatic carbocycles. The summed E-state index contributed by atoms with van der Waals surface area (Å²) in [5.41, 5.74) is -3.75. The van der Waals surface area contributed by atoms with E-state index in [-0.39, 0.29) is 17.2 Å². The van der Waals surface area contributed by atoms with Gasteiger partial charge in [-0.05, 0) is 38.8 Å². The van der Waals surface area contributed by atoms with Crippen LogP contribution >= 0.6 is 0 Å². The number of phenols is 1. The van der Waals surface area contributed by atoms with Crippen molar-refractivity contribution in [3.8, 4) is 11.5 Å². The minimum atomic E-state index is -1.53. The first-order chi connectivity index (χ1) is 11.7. The molecule has 0 aliphatic carbocycles. The number of phenolic OH excluding ortho intramolecular Hbond substituents is 1. The van der Waals surface area contributed by atoms with Crippen molar-refractivity contribution < 1.29 is 29.6 Å². The summed E-state index contributed by atoms with van der Waals surface area (Å²) in [5, 5.41) is 32.0. The Morgan fingerprint density at radius 1 is 1.04 bits per heavy atom. The van der Waals surface area contributed by atoms with E-state index in [2.05, 4.69) is 0 Å². The van der Waals surface area contributed by atoms with Crippen LogP contribution in [0.3, 0.4) is 0 Å². The van der Waals surface area contributed by atoms with E-state index in [1.807, 2.05) is 13.8 Å². The van der Waals surface area contributed by atoms with Crippen LogP contribution in [0.15, 0.2) is 18.2 Å². The molecule has 3 unspecified atom stereocenters. The molecule has 1 aromatic rings. The highest BCUT2D eigenvalue weighted by Gasteiger charge is 2.56. The smallest absolute Gasteiger partial charge is 0.342 e. The topological polar surface area (TPSA) is 96.2 Å². The summed E-state index contributed by atoms with van der Waals surface area (Å²) >= 11 is 0. The van der Waals surface area contributed by atoms with Gasteiger partial charge in [0.2, 0.25) is 0 Å². The molecule has 1 rings (SSSR count). The van der Waals surface area contributed by atoms with Crippen LogP contribution in [0.5, 0.6) is 11.5 Å². The maximum Gasteiger partial charge on any atom is 0.342 e. The van der Waals surface area contributed by atoms with Crippen LogP contribution < -0.4 is 4.74 Å². The van der Waals surface area contributed by atoms with Crippen molar-refractivity contribution in [1.29, 1.82) is 0 Å². The molecule has 6 heteroatoms. The van der Waals surface area contributed by atoms with Crippen LogP contribution in [-0.2, 0) is 4.74 Å². The molecule has 0 bridgehead atoms. The molecule has 0 amide bonds. The van der Waals surface area contributed by atoms with Gasteiger partial charge >= 0.3 is 5.97 Å². The fourth-order valence-electron chi connectivity index (χ4n) is 2.89. The number of hydrogen-bond donors (Lipinski definition) is 3. The van der Waals surface area contributed by atoms with E-state index in [1.54, 1.807) is 27.7 Å². The normalized spacial score (nSPS) is 18.0. The molecule has 0 fully saturated rings. The first kappa shape index (κ1) is 22.3. The fourth-order valence-corrected chi connectivity index (χ4v) is 2.89. The maximum absolute atomic E-state index is 12.4. The molecule has 0 saturated heterocycles. The van der Waals surface area contributed by atoms with Crippen molar-refractivity contribution in [2.45, 2.75) is 65.8 Å². The lowest BCUT2D eigenvalue weighted by Crippen LogP contribution is -2.63. The first-order valence-electron chi connectivity index (χ1n) is 8.72. The lowest BCUT2D eigenvalue weighted by Gasteiger charge is -2.53. The van der Waals surface area contributed by atoms with Gasteiger partial charge in [0.05, 0.1) is 12.7 Å². The van der Waals surface area contributed by atoms with Gasteiger partial charge in [0, 0.05) is 11.5 Å². The van der Waals surface area contributed by atoms with Crippen LogP contribution in [-0.4, -0.2) is 45.7 Å². The molecule has 0 radical (unpaired) electrons. The van der Waals surface area contributed by atoms with Gasteiger partial charge in [-0.3, -0.25) is 0 Å². The molecule has 148 valence electrons. The Morgan fingerprint density at radius 2 is 1.58 bits per heavy atom. The number of aromatic hydroxyl groups is 1. The van der Waals surface area contributed by atoms with Crippen LogP contribution in [0.1, 0.15) is 58.8 Å². The maximum atomic E-state index is 12.4. The second kappa shape index (κ2) is 7.45. The molecule has 6 nitrogen and oxygen atoms in total. The third-order valence-electron chi connectivity index (χ3n) is 6.16. The standard InChI is InChI=1S/C20H32O6/c1-12(2)19(6,23)18(4,5)20(7,24)13(3)26-17(22)15-10-9-14(25-8)11-16(15)21/h9-13,21,23-24H,1-8H3. The van der Waals surface area contributed by atoms with Crippen LogP contribution in [0, 0.1) is 11.3 Å². The Kier molecular flexibility index (Phi) is 6.37. The van der Waals surface area contributed by atoms with Crippen LogP contribution in [0.25, 0.3) is 0 Å². The number of esters is 1. The van der Waals surface area contributed by atoms with E-state index in [1.165, 1.54) is 32.2 Å². The molecule has 0 heterocycles. The molecular formula is C20H32O6. The number of methoxy groups -OCH3 is 1. The third-order valence-corrected chi connectivity index (χ3v) is 6.16. The average Bonchev–Trinajstić information content (AvgIpc) is 2.53. The molecule has 0 aromatic heterocycles. The van der Waals surface area contributed by atoms with Crippen molar-refractivity contribution in [2.24, 2.45) is 11.3 Å². The zero-order valence-corrected chi connectivity index (χ0v) is 17.0. The summed E-state index contributed by atoms with van der Waals surface area (Å²) in [4.78, 5) is 12.4. The van der Waals surface area contributed by atoms with E-state index in [4.69, 9.17) is 9.47 Å². The number of rotatable bonds is 7. The zero-order chi connectivity index (χ0) is 20.5. The third kappa shape index (κ3) is 3.81. The second-order valence-electron chi connectivity index (χ2n) is 8.01. The number of benzene rings is 1. The van der Waals surface area contributed by atoms with E-state index < -0.39 is 28.7 Å². The highest BCUT2D eigenvalue weighted by atomic mass is 16.6. The van der Waals surface area contributed by atoms with E-state index in [0.717, 1.165) is 0 Å². The molecule has 0 aliphatic heterocycles. The van der Waals surface area contributed by atoms with Gasteiger partial charge in [-0.1, -0.05) is 27.7 Å². The van der Waals surface area contributed by atoms with Crippen molar-refractivity contribution in [3.05, 3.63) is 23.8 Å². The Hall–Kier alpha value is -1.79. The largest absolute Gasteiger partial charge is 0.507 e. The van der Waals surface area contributed by atoms with Gasteiger partial charge in [0.25, 0.3) is 0 Å². The summed E-state index contributed by atoms with van der Waals surface area (Å²) in [6.07, 6.45) is -0.934. The van der Waals surface area contributed by atoms with E-state index in [0.29, 0.717) is 5.75 Å². The van der Waals surface area contributed by atoms with Crippen LogP contribution in [0.2, 0.25) is 0 Å².